The highest BCUT2D eigenvalue weighted by molar-refractivity contribution is 6.15. The van der Waals surface area contributed by atoms with Crippen LogP contribution in [0.2, 0.25) is 0 Å². The molecule has 0 aliphatic rings. The number of aryl methyl sites for hydroxylation is 3. The van der Waals surface area contributed by atoms with E-state index in [2.05, 4.69) is 0 Å². The summed E-state index contributed by atoms with van der Waals surface area (Å²) < 4.78 is 6.10. The molecule has 0 unspecified atom stereocenters. The summed E-state index contributed by atoms with van der Waals surface area (Å²) in [7, 11) is 0. The summed E-state index contributed by atoms with van der Waals surface area (Å²) in [5, 5.41) is 29.2. The normalized spacial score (nSPS) is 10.7. The summed E-state index contributed by atoms with van der Waals surface area (Å²) in [5.74, 6) is -6.27. The van der Waals surface area contributed by atoms with E-state index in [0.29, 0.717) is 17.5 Å². The molecule has 0 amide bonds. The van der Waals surface area contributed by atoms with Gasteiger partial charge in [0.15, 0.2) is 0 Å². The fourth-order valence-electron chi connectivity index (χ4n) is 3.72. The van der Waals surface area contributed by atoms with Crippen molar-refractivity contribution in [3.8, 4) is 5.69 Å². The Kier molecular flexibility index (Phi) is 7.22. The summed E-state index contributed by atoms with van der Waals surface area (Å²) in [5.41, 5.74) is -1.16. The highest BCUT2D eigenvalue weighted by atomic mass is 16.5. The van der Waals surface area contributed by atoms with Gasteiger partial charge in [0.1, 0.15) is 22.5 Å². The zero-order chi connectivity index (χ0) is 23.5. The zero-order valence-corrected chi connectivity index (χ0v) is 17.8. The monoisotopic (exact) mass is 431 g/mol. The number of hydrogen-bond donors (Lipinski definition) is 3. The number of aromatic nitrogens is 1. The first kappa shape index (κ1) is 23.7. The Hall–Kier alpha value is -3.62. The van der Waals surface area contributed by atoms with Crippen molar-refractivity contribution in [2.24, 2.45) is 0 Å². The van der Waals surface area contributed by atoms with Crippen LogP contribution in [0.4, 0.5) is 0 Å². The molecule has 9 heteroatoms. The van der Waals surface area contributed by atoms with Crippen molar-refractivity contribution in [1.82, 2.24) is 4.57 Å². The number of hydrogen-bond acceptors (Lipinski definition) is 5. The van der Waals surface area contributed by atoms with E-state index in [1.54, 1.807) is 26.0 Å². The van der Waals surface area contributed by atoms with E-state index in [9.17, 15) is 34.5 Å². The minimum absolute atomic E-state index is 0.00637. The molecule has 1 aromatic carbocycles. The number of unbranched alkanes of at least 4 members (excludes halogenated alkanes) is 2. The lowest BCUT2D eigenvalue weighted by Gasteiger charge is -2.17. The number of carboxylic acid groups (broad SMARTS) is 3. The van der Waals surface area contributed by atoms with Crippen LogP contribution in [0.15, 0.2) is 12.1 Å². The van der Waals surface area contributed by atoms with Gasteiger partial charge in [0.25, 0.3) is 0 Å². The van der Waals surface area contributed by atoms with Gasteiger partial charge in [-0.1, -0.05) is 37.5 Å². The number of esters is 1. The van der Waals surface area contributed by atoms with Crippen LogP contribution >= 0.6 is 0 Å². The average molecular weight is 431 g/mol. The number of ether oxygens (including phenoxy) is 1. The molecule has 0 atom stereocenters. The lowest BCUT2D eigenvalue weighted by molar-refractivity contribution is 0.0478. The van der Waals surface area contributed by atoms with Crippen LogP contribution in [0.1, 0.15) is 84.6 Å². The lowest BCUT2D eigenvalue weighted by Crippen LogP contribution is -2.19. The van der Waals surface area contributed by atoms with Gasteiger partial charge in [-0.15, -0.1) is 0 Å². The van der Waals surface area contributed by atoms with Gasteiger partial charge in [0.05, 0.1) is 12.3 Å². The van der Waals surface area contributed by atoms with Crippen LogP contribution in [0, 0.1) is 20.8 Å². The van der Waals surface area contributed by atoms with E-state index in [0.717, 1.165) is 23.0 Å². The smallest absolute Gasteiger partial charge is 0.356 e. The summed E-state index contributed by atoms with van der Waals surface area (Å²) in [4.78, 5) is 48.9. The van der Waals surface area contributed by atoms with Crippen molar-refractivity contribution in [3.63, 3.8) is 0 Å². The predicted molar refractivity (Wildman–Crippen MR) is 111 cm³/mol. The molecular weight excluding hydrogens is 406 g/mol. The van der Waals surface area contributed by atoms with Crippen molar-refractivity contribution < 1.29 is 39.2 Å². The fraction of sp³-hybridized carbons (Fsp3) is 0.364. The molecule has 9 nitrogen and oxygen atoms in total. The number of benzene rings is 1. The number of carbonyl (C=O) groups excluding carboxylic acids is 1. The first-order chi connectivity index (χ1) is 14.5. The van der Waals surface area contributed by atoms with E-state index in [-0.39, 0.29) is 12.3 Å². The van der Waals surface area contributed by atoms with E-state index < -0.39 is 46.4 Å². The second kappa shape index (κ2) is 9.46. The minimum Gasteiger partial charge on any atom is -0.478 e. The van der Waals surface area contributed by atoms with Gasteiger partial charge in [0, 0.05) is 0 Å². The highest BCUT2D eigenvalue weighted by Crippen LogP contribution is 2.32. The zero-order valence-electron chi connectivity index (χ0n) is 17.8. The summed E-state index contributed by atoms with van der Waals surface area (Å²) in [6, 6.07) is 3.45. The van der Waals surface area contributed by atoms with Crippen LogP contribution in [-0.2, 0) is 4.74 Å². The second-order valence-corrected chi connectivity index (χ2v) is 7.29. The van der Waals surface area contributed by atoms with E-state index in [4.69, 9.17) is 4.74 Å². The van der Waals surface area contributed by atoms with Gasteiger partial charge in [-0.05, 0) is 38.3 Å². The van der Waals surface area contributed by atoms with Crippen LogP contribution in [-0.4, -0.2) is 50.4 Å². The molecule has 0 radical (unpaired) electrons. The van der Waals surface area contributed by atoms with Crippen molar-refractivity contribution >= 4 is 23.9 Å². The molecule has 0 spiro atoms. The second-order valence-electron chi connectivity index (χ2n) is 7.29. The Bertz CT molecular complexity index is 1040. The maximum Gasteiger partial charge on any atom is 0.356 e. The molecule has 0 saturated carbocycles. The quantitative estimate of drug-likeness (QED) is 0.401. The first-order valence-electron chi connectivity index (χ1n) is 9.76. The largest absolute Gasteiger partial charge is 0.478 e. The van der Waals surface area contributed by atoms with Crippen LogP contribution in [0.3, 0.4) is 0 Å². The number of rotatable bonds is 9. The molecule has 2 aromatic rings. The number of carboxylic acids is 3. The maximum absolute atomic E-state index is 12.9. The number of carbonyl (C=O) groups is 4. The third kappa shape index (κ3) is 4.60. The maximum atomic E-state index is 12.9. The molecule has 31 heavy (non-hydrogen) atoms. The minimum atomic E-state index is -1.77. The molecule has 1 heterocycles. The Balaban J connectivity index is 2.94. The Morgan fingerprint density at radius 3 is 1.81 bits per heavy atom. The van der Waals surface area contributed by atoms with Crippen molar-refractivity contribution in [3.05, 3.63) is 51.3 Å². The molecule has 0 saturated heterocycles. The number of nitrogens with zero attached hydrogens (tertiary/aromatic N) is 1. The Morgan fingerprint density at radius 1 is 0.839 bits per heavy atom. The van der Waals surface area contributed by atoms with Gasteiger partial charge in [0.2, 0.25) is 0 Å². The van der Waals surface area contributed by atoms with E-state index in [1.165, 1.54) is 0 Å². The number of aromatic carboxylic acids is 3. The molecule has 0 bridgehead atoms. The summed E-state index contributed by atoms with van der Waals surface area (Å²) >= 11 is 0. The lowest BCUT2D eigenvalue weighted by atomic mass is 10.0. The average Bonchev–Trinajstić information content (AvgIpc) is 3.01. The van der Waals surface area contributed by atoms with Gasteiger partial charge in [-0.2, -0.15) is 0 Å². The van der Waals surface area contributed by atoms with Crippen LogP contribution < -0.4 is 0 Å². The van der Waals surface area contributed by atoms with Gasteiger partial charge in [-0.3, -0.25) is 4.57 Å². The van der Waals surface area contributed by atoms with Crippen molar-refractivity contribution in [2.45, 2.75) is 47.0 Å². The standard InChI is InChI=1S/C22H25NO8/c1-5-6-7-8-31-22(30)18-15(20(26)27)14(19(24)25)17(21(28)29)23(18)16-12(3)9-11(2)10-13(16)4/h9-10H,5-8H2,1-4H3,(H,24,25)(H,26,27)(H,28,29). The summed E-state index contributed by atoms with van der Waals surface area (Å²) in [6.07, 6.45) is 2.17. The van der Waals surface area contributed by atoms with Gasteiger partial charge >= 0.3 is 23.9 Å². The SMILES string of the molecule is CCCCCOC(=O)c1c(C(=O)O)c(C(=O)O)c(C(=O)O)n1-c1c(C)cc(C)cc1C. The topological polar surface area (TPSA) is 143 Å². The summed E-state index contributed by atoms with van der Waals surface area (Å²) in [6.45, 7) is 7.10. The highest BCUT2D eigenvalue weighted by Gasteiger charge is 2.39. The van der Waals surface area contributed by atoms with Crippen molar-refractivity contribution in [2.75, 3.05) is 6.61 Å². The fourth-order valence-corrected chi connectivity index (χ4v) is 3.72. The van der Waals surface area contributed by atoms with Gasteiger partial charge in [-0.25, -0.2) is 19.2 Å². The van der Waals surface area contributed by atoms with Crippen molar-refractivity contribution in [1.29, 1.82) is 0 Å². The molecular formula is C22H25NO8. The molecule has 2 rings (SSSR count). The molecule has 0 fully saturated rings. The van der Waals surface area contributed by atoms with E-state index in [1.807, 2.05) is 13.8 Å². The molecule has 166 valence electrons. The van der Waals surface area contributed by atoms with E-state index >= 15 is 0 Å². The Morgan fingerprint density at radius 2 is 1.35 bits per heavy atom. The third-order valence-electron chi connectivity index (χ3n) is 4.83. The predicted octanol–water partition coefficient (Wildman–Crippen LogP) is 3.84. The van der Waals surface area contributed by atoms with Gasteiger partial charge < -0.3 is 20.1 Å². The first-order valence-corrected chi connectivity index (χ1v) is 9.76. The molecule has 1 aromatic heterocycles. The van der Waals surface area contributed by atoms with Crippen LogP contribution in [0.25, 0.3) is 5.69 Å². The molecule has 0 aliphatic heterocycles. The third-order valence-corrected chi connectivity index (χ3v) is 4.83. The molecule has 3 N–H and O–H groups in total. The van der Waals surface area contributed by atoms with Crippen LogP contribution in [0.5, 0.6) is 0 Å². The Labute approximate surface area is 178 Å². The molecule has 0 aliphatic carbocycles.